The number of carbonyl (C=O) groups excluding carboxylic acids is 1. The highest BCUT2D eigenvalue weighted by Gasteiger charge is 2.20. The minimum absolute atomic E-state index is 0.00346. The van der Waals surface area contributed by atoms with Crippen LogP contribution in [0.3, 0.4) is 0 Å². The van der Waals surface area contributed by atoms with E-state index in [1.807, 2.05) is 19.1 Å². The van der Waals surface area contributed by atoms with E-state index >= 15 is 0 Å². The van der Waals surface area contributed by atoms with Crippen molar-refractivity contribution in [3.8, 4) is 11.7 Å². The molecule has 0 unspecified atom stereocenters. The molecule has 3 aromatic heterocycles. The zero-order valence-electron chi connectivity index (χ0n) is 18.9. The molecule has 0 aliphatic rings. The Kier molecular flexibility index (Phi) is 5.82. The number of pyridine rings is 1. The number of rotatable bonds is 5. The van der Waals surface area contributed by atoms with Crippen LogP contribution in [0.15, 0.2) is 83.4 Å². The fourth-order valence-corrected chi connectivity index (χ4v) is 3.54. The van der Waals surface area contributed by atoms with Crippen LogP contribution >= 0.6 is 0 Å². The van der Waals surface area contributed by atoms with E-state index in [0.717, 1.165) is 5.69 Å². The number of aromatic hydroxyl groups is 1. The highest BCUT2D eigenvalue weighted by molar-refractivity contribution is 6.11. The Morgan fingerprint density at radius 2 is 1.89 bits per heavy atom. The van der Waals surface area contributed by atoms with Crippen molar-refractivity contribution in [2.75, 3.05) is 5.32 Å². The number of hydrogen-bond acceptors (Lipinski definition) is 8. The lowest BCUT2D eigenvalue weighted by Gasteiger charge is -2.11. The summed E-state index contributed by atoms with van der Waals surface area (Å²) in [5.74, 6) is -0.289. The Bertz CT molecular complexity index is 1670. The number of azo groups is 1. The van der Waals surface area contributed by atoms with E-state index < -0.39 is 5.91 Å². The number of nitrogens with zero attached hydrogens (tertiary/aromatic N) is 8. The second-order valence-corrected chi connectivity index (χ2v) is 7.59. The molecule has 0 aliphatic heterocycles. The van der Waals surface area contributed by atoms with Crippen LogP contribution < -0.4 is 5.32 Å². The van der Waals surface area contributed by atoms with Gasteiger partial charge >= 0.3 is 0 Å². The van der Waals surface area contributed by atoms with Gasteiger partial charge in [0, 0.05) is 23.5 Å². The van der Waals surface area contributed by atoms with Gasteiger partial charge in [-0.1, -0.05) is 30.3 Å². The topological polar surface area (TPSA) is 135 Å². The van der Waals surface area contributed by atoms with Gasteiger partial charge in [0.1, 0.15) is 11.5 Å². The number of aromatic nitrogens is 5. The Morgan fingerprint density at radius 3 is 2.67 bits per heavy atom. The van der Waals surface area contributed by atoms with Crippen molar-refractivity contribution in [2.24, 2.45) is 10.2 Å². The highest BCUT2D eigenvalue weighted by Crippen LogP contribution is 2.40. The summed E-state index contributed by atoms with van der Waals surface area (Å²) in [7, 11) is 0. The summed E-state index contributed by atoms with van der Waals surface area (Å²) >= 11 is 0. The third kappa shape index (κ3) is 4.22. The number of phenols is 1. The Morgan fingerprint density at radius 1 is 1.08 bits per heavy atom. The van der Waals surface area contributed by atoms with Crippen molar-refractivity contribution in [1.29, 1.82) is 0 Å². The molecule has 0 fully saturated rings. The zero-order chi connectivity index (χ0) is 25.1. The maximum atomic E-state index is 13.1. The minimum atomic E-state index is -0.558. The van der Waals surface area contributed by atoms with E-state index in [1.54, 1.807) is 42.5 Å². The third-order valence-electron chi connectivity index (χ3n) is 5.20. The minimum Gasteiger partial charge on any atom is -0.505 e. The quantitative estimate of drug-likeness (QED) is 0.257. The molecule has 0 aliphatic carbocycles. The van der Waals surface area contributed by atoms with Gasteiger partial charge in [-0.2, -0.15) is 9.78 Å². The third-order valence-corrected chi connectivity index (χ3v) is 5.20. The average molecular weight is 475 g/mol. The number of anilines is 1. The smallest absolute Gasteiger partial charge is 0.260 e. The molecule has 36 heavy (non-hydrogen) atoms. The monoisotopic (exact) mass is 475 g/mol. The first-order valence-corrected chi connectivity index (χ1v) is 10.7. The molecule has 174 valence electrons. The number of benzene rings is 2. The maximum Gasteiger partial charge on any atom is 0.260 e. The summed E-state index contributed by atoms with van der Waals surface area (Å²) in [6.07, 6.45) is 4.40. The maximum absolute atomic E-state index is 13.1. The first-order chi connectivity index (χ1) is 17.5. The highest BCUT2D eigenvalue weighted by atomic mass is 16.3. The Hall–Kier alpha value is -5.50. The normalized spacial score (nSPS) is 11.0. The van der Waals surface area contributed by atoms with Crippen LogP contribution in [0.25, 0.3) is 21.6 Å². The summed E-state index contributed by atoms with van der Waals surface area (Å²) in [5, 5.41) is 27.6. The Labute approximate surface area is 204 Å². The van der Waals surface area contributed by atoms with Gasteiger partial charge < -0.3 is 10.4 Å². The standard InChI is InChI=1S/C25H17N9O2/c1-15-7-5-10-20(30-15)31-24(36)18-13-16-8-3-4-9-17(16)21(22(18)35)32-33-23-19(26-2)14-29-34(23)25-27-11-6-12-28-25/h3-14,35H,1H3,(H,30,31,36). The molecule has 5 aromatic rings. The van der Waals surface area contributed by atoms with Crippen LogP contribution in [0.2, 0.25) is 0 Å². The number of carbonyl (C=O) groups is 1. The fourth-order valence-electron chi connectivity index (χ4n) is 3.54. The lowest BCUT2D eigenvalue weighted by molar-refractivity contribution is 0.102. The lowest BCUT2D eigenvalue weighted by atomic mass is 10.0. The largest absolute Gasteiger partial charge is 0.505 e. The number of aryl methyl sites for hydroxylation is 1. The zero-order valence-corrected chi connectivity index (χ0v) is 18.9. The van der Waals surface area contributed by atoms with Crippen LogP contribution in [-0.2, 0) is 0 Å². The molecule has 3 heterocycles. The number of fused-ring (bicyclic) bond motifs is 1. The second kappa shape index (κ2) is 9.40. The summed E-state index contributed by atoms with van der Waals surface area (Å²) < 4.78 is 1.27. The lowest BCUT2D eigenvalue weighted by Crippen LogP contribution is -2.13. The van der Waals surface area contributed by atoms with Gasteiger partial charge in [0.15, 0.2) is 11.6 Å². The van der Waals surface area contributed by atoms with E-state index in [-0.39, 0.29) is 34.5 Å². The SMILES string of the molecule is [C-]#[N+]c1cnn(-c2ncccn2)c1N=Nc1c(O)c(C(=O)Nc2cccc(C)n2)cc2ccccc12. The van der Waals surface area contributed by atoms with Crippen molar-refractivity contribution >= 4 is 39.7 Å². The van der Waals surface area contributed by atoms with Gasteiger partial charge in [-0.25, -0.2) is 19.8 Å². The molecule has 0 atom stereocenters. The molecule has 1 amide bonds. The second-order valence-electron chi connectivity index (χ2n) is 7.59. The van der Waals surface area contributed by atoms with Crippen LogP contribution in [-0.4, -0.2) is 35.7 Å². The van der Waals surface area contributed by atoms with Crippen molar-refractivity contribution in [1.82, 2.24) is 24.7 Å². The molecule has 2 aromatic carbocycles. The summed E-state index contributed by atoms with van der Waals surface area (Å²) in [5.41, 5.74) is 0.915. The predicted octanol–water partition coefficient (Wildman–Crippen LogP) is 5.44. The molecular weight excluding hydrogens is 458 g/mol. The number of hydrogen-bond donors (Lipinski definition) is 2. The van der Waals surface area contributed by atoms with Crippen LogP contribution in [0.4, 0.5) is 23.0 Å². The van der Waals surface area contributed by atoms with Crippen molar-refractivity contribution in [3.63, 3.8) is 0 Å². The van der Waals surface area contributed by atoms with E-state index in [2.05, 4.69) is 40.4 Å². The molecule has 5 rings (SSSR count). The average Bonchev–Trinajstić information content (AvgIpc) is 3.31. The van der Waals surface area contributed by atoms with Crippen LogP contribution in [0, 0.1) is 13.5 Å². The van der Waals surface area contributed by atoms with Gasteiger partial charge in [0.05, 0.1) is 18.3 Å². The predicted molar refractivity (Wildman–Crippen MR) is 132 cm³/mol. The molecule has 0 bridgehead atoms. The van der Waals surface area contributed by atoms with Crippen LogP contribution in [0.1, 0.15) is 16.1 Å². The molecule has 0 saturated carbocycles. The number of amides is 1. The van der Waals surface area contributed by atoms with Crippen LogP contribution in [0.5, 0.6) is 5.75 Å². The van der Waals surface area contributed by atoms with Crippen molar-refractivity contribution in [2.45, 2.75) is 6.92 Å². The van der Waals surface area contributed by atoms with E-state index in [1.165, 1.54) is 23.3 Å². The van der Waals surface area contributed by atoms with Gasteiger partial charge in [0.25, 0.3) is 17.5 Å². The van der Waals surface area contributed by atoms with Gasteiger partial charge in [0.2, 0.25) is 0 Å². The van der Waals surface area contributed by atoms with E-state index in [0.29, 0.717) is 16.6 Å². The van der Waals surface area contributed by atoms with E-state index in [9.17, 15) is 9.90 Å². The summed E-state index contributed by atoms with van der Waals surface area (Å²) in [4.78, 5) is 29.1. The molecule has 0 spiro atoms. The first kappa shape index (κ1) is 22.3. The number of nitrogens with one attached hydrogen (secondary N) is 1. The summed E-state index contributed by atoms with van der Waals surface area (Å²) in [6.45, 7) is 9.26. The summed E-state index contributed by atoms with van der Waals surface area (Å²) in [6, 6.07) is 15.6. The molecule has 11 heteroatoms. The number of phenolic OH excluding ortho intramolecular Hbond substituents is 1. The van der Waals surface area contributed by atoms with Crippen molar-refractivity contribution < 1.29 is 9.90 Å². The molecule has 11 nitrogen and oxygen atoms in total. The fraction of sp³-hybridized carbons (Fsp3) is 0.0400. The van der Waals surface area contributed by atoms with Gasteiger partial charge in [-0.15, -0.1) is 10.2 Å². The molecule has 0 saturated heterocycles. The molecule has 0 radical (unpaired) electrons. The molecular formula is C25H17N9O2. The first-order valence-electron chi connectivity index (χ1n) is 10.7. The van der Waals surface area contributed by atoms with Gasteiger partial charge in [-0.3, -0.25) is 4.79 Å². The van der Waals surface area contributed by atoms with E-state index in [4.69, 9.17) is 6.57 Å². The van der Waals surface area contributed by atoms with Crippen molar-refractivity contribution in [3.05, 3.63) is 95.9 Å². The molecule has 2 N–H and O–H groups in total. The van der Waals surface area contributed by atoms with Gasteiger partial charge in [-0.05, 0) is 36.6 Å². The Balaban J connectivity index is 1.61.